The van der Waals surface area contributed by atoms with Gasteiger partial charge in [-0.15, -0.1) is 0 Å². The number of aliphatic hydroxyl groups excluding tert-OH is 1. The Kier molecular flexibility index (Phi) is 3.98. The number of carbonyl (C=O) groups is 1. The molecule has 0 unspecified atom stereocenters. The SMILES string of the molecule is O=C(Nc1ccccc1CO)OC1CCCC1. The van der Waals surface area contributed by atoms with Gasteiger partial charge < -0.3 is 9.84 Å². The minimum absolute atomic E-state index is 0.0521. The number of para-hydroxylation sites is 1. The molecule has 0 aliphatic heterocycles. The highest BCUT2D eigenvalue weighted by molar-refractivity contribution is 5.85. The molecule has 0 atom stereocenters. The normalized spacial score (nSPS) is 15.8. The molecule has 1 fully saturated rings. The molecular weight excluding hydrogens is 218 g/mol. The fourth-order valence-electron chi connectivity index (χ4n) is 2.08. The van der Waals surface area contributed by atoms with Crippen molar-refractivity contribution in [2.75, 3.05) is 5.32 Å². The summed E-state index contributed by atoms with van der Waals surface area (Å²) >= 11 is 0. The van der Waals surface area contributed by atoms with Crippen molar-refractivity contribution in [3.8, 4) is 0 Å². The van der Waals surface area contributed by atoms with Gasteiger partial charge >= 0.3 is 6.09 Å². The number of rotatable bonds is 3. The summed E-state index contributed by atoms with van der Waals surface area (Å²) < 4.78 is 5.28. The lowest BCUT2D eigenvalue weighted by atomic mass is 10.2. The fourth-order valence-corrected chi connectivity index (χ4v) is 2.08. The Morgan fingerprint density at radius 1 is 1.35 bits per heavy atom. The van der Waals surface area contributed by atoms with Gasteiger partial charge in [-0.3, -0.25) is 5.32 Å². The topological polar surface area (TPSA) is 58.6 Å². The molecule has 1 amide bonds. The summed E-state index contributed by atoms with van der Waals surface area (Å²) in [6, 6.07) is 7.15. The lowest BCUT2D eigenvalue weighted by molar-refractivity contribution is 0.114. The number of carbonyl (C=O) groups excluding carboxylic acids is 1. The van der Waals surface area contributed by atoms with E-state index in [9.17, 15) is 4.79 Å². The molecule has 17 heavy (non-hydrogen) atoms. The number of ether oxygens (including phenoxy) is 1. The summed E-state index contributed by atoms with van der Waals surface area (Å²) in [5.74, 6) is 0. The van der Waals surface area contributed by atoms with E-state index < -0.39 is 6.09 Å². The van der Waals surface area contributed by atoms with E-state index in [1.165, 1.54) is 0 Å². The van der Waals surface area contributed by atoms with Crippen molar-refractivity contribution in [2.45, 2.75) is 38.4 Å². The Morgan fingerprint density at radius 2 is 2.06 bits per heavy atom. The predicted molar refractivity (Wildman–Crippen MR) is 64.7 cm³/mol. The zero-order valence-electron chi connectivity index (χ0n) is 9.69. The zero-order chi connectivity index (χ0) is 12.1. The summed E-state index contributed by atoms with van der Waals surface area (Å²) in [5.41, 5.74) is 1.30. The van der Waals surface area contributed by atoms with Crippen molar-refractivity contribution in [3.05, 3.63) is 29.8 Å². The minimum Gasteiger partial charge on any atom is -0.446 e. The third kappa shape index (κ3) is 3.20. The average molecular weight is 235 g/mol. The van der Waals surface area contributed by atoms with E-state index in [0.717, 1.165) is 25.7 Å². The van der Waals surface area contributed by atoms with E-state index in [4.69, 9.17) is 9.84 Å². The van der Waals surface area contributed by atoms with E-state index >= 15 is 0 Å². The minimum atomic E-state index is -0.433. The summed E-state index contributed by atoms with van der Waals surface area (Å²) in [4.78, 5) is 11.6. The van der Waals surface area contributed by atoms with Gasteiger partial charge in [-0.25, -0.2) is 4.79 Å². The summed E-state index contributed by atoms with van der Waals surface area (Å²) in [6.07, 6.45) is 3.79. The van der Waals surface area contributed by atoms with Crippen molar-refractivity contribution >= 4 is 11.8 Å². The van der Waals surface area contributed by atoms with Crippen LogP contribution in [0.3, 0.4) is 0 Å². The monoisotopic (exact) mass is 235 g/mol. The van der Waals surface area contributed by atoms with Crippen LogP contribution in [0.1, 0.15) is 31.2 Å². The Balaban J connectivity index is 1.92. The highest BCUT2D eigenvalue weighted by Gasteiger charge is 2.19. The molecule has 2 N–H and O–H groups in total. The van der Waals surface area contributed by atoms with Gasteiger partial charge in [0.1, 0.15) is 6.10 Å². The van der Waals surface area contributed by atoms with Crippen LogP contribution in [0.15, 0.2) is 24.3 Å². The Bertz CT molecular complexity index is 386. The zero-order valence-corrected chi connectivity index (χ0v) is 9.69. The molecular formula is C13H17NO3. The molecule has 0 spiro atoms. The Hall–Kier alpha value is -1.55. The highest BCUT2D eigenvalue weighted by Crippen LogP contribution is 2.22. The number of aliphatic hydroxyl groups is 1. The van der Waals surface area contributed by atoms with E-state index in [1.807, 2.05) is 12.1 Å². The third-order valence-corrected chi connectivity index (χ3v) is 3.00. The molecule has 0 heterocycles. The van der Waals surface area contributed by atoms with Crippen LogP contribution >= 0.6 is 0 Å². The largest absolute Gasteiger partial charge is 0.446 e. The molecule has 92 valence electrons. The number of amides is 1. The molecule has 0 radical (unpaired) electrons. The summed E-state index contributed by atoms with van der Waals surface area (Å²) in [6.45, 7) is -0.0973. The van der Waals surface area contributed by atoms with E-state index in [-0.39, 0.29) is 12.7 Å². The first-order chi connectivity index (χ1) is 8.29. The maximum Gasteiger partial charge on any atom is 0.411 e. The molecule has 4 nitrogen and oxygen atoms in total. The molecule has 2 rings (SSSR count). The standard InChI is InChI=1S/C13H17NO3/c15-9-10-5-1-4-8-12(10)14-13(16)17-11-6-2-3-7-11/h1,4-5,8,11,15H,2-3,6-7,9H2,(H,14,16). The van der Waals surface area contributed by atoms with Gasteiger partial charge in [0.15, 0.2) is 0 Å². The van der Waals surface area contributed by atoms with Gasteiger partial charge in [-0.05, 0) is 31.7 Å². The van der Waals surface area contributed by atoms with Crippen LogP contribution in [0.4, 0.5) is 10.5 Å². The second-order valence-electron chi connectivity index (χ2n) is 4.25. The molecule has 1 aliphatic rings. The van der Waals surface area contributed by atoms with Gasteiger partial charge in [-0.1, -0.05) is 18.2 Å². The van der Waals surface area contributed by atoms with E-state index in [2.05, 4.69) is 5.32 Å². The van der Waals surface area contributed by atoms with Crippen molar-refractivity contribution in [1.82, 2.24) is 0 Å². The van der Waals surface area contributed by atoms with E-state index in [1.54, 1.807) is 12.1 Å². The second kappa shape index (κ2) is 5.68. The van der Waals surface area contributed by atoms with Gasteiger partial charge in [0.05, 0.1) is 6.61 Å². The van der Waals surface area contributed by atoms with Crippen molar-refractivity contribution < 1.29 is 14.6 Å². The molecule has 1 aliphatic carbocycles. The van der Waals surface area contributed by atoms with Crippen LogP contribution in [-0.2, 0) is 11.3 Å². The van der Waals surface area contributed by atoms with Crippen molar-refractivity contribution in [3.63, 3.8) is 0 Å². The predicted octanol–water partition coefficient (Wildman–Crippen LogP) is 2.67. The van der Waals surface area contributed by atoms with Crippen LogP contribution in [0.25, 0.3) is 0 Å². The first-order valence-corrected chi connectivity index (χ1v) is 5.96. The lowest BCUT2D eigenvalue weighted by Gasteiger charge is -2.13. The molecule has 1 saturated carbocycles. The highest BCUT2D eigenvalue weighted by atomic mass is 16.6. The smallest absolute Gasteiger partial charge is 0.411 e. The molecule has 1 aromatic rings. The first-order valence-electron chi connectivity index (χ1n) is 5.96. The van der Waals surface area contributed by atoms with Gasteiger partial charge in [0.2, 0.25) is 0 Å². The third-order valence-electron chi connectivity index (χ3n) is 3.00. The van der Waals surface area contributed by atoms with Gasteiger partial charge in [-0.2, -0.15) is 0 Å². The summed E-state index contributed by atoms with van der Waals surface area (Å²) in [5, 5.41) is 11.8. The van der Waals surface area contributed by atoms with Crippen LogP contribution in [-0.4, -0.2) is 17.3 Å². The maximum absolute atomic E-state index is 11.6. The van der Waals surface area contributed by atoms with Gasteiger partial charge in [0.25, 0.3) is 0 Å². The van der Waals surface area contributed by atoms with Crippen LogP contribution in [0.2, 0.25) is 0 Å². The fraction of sp³-hybridized carbons (Fsp3) is 0.462. The van der Waals surface area contributed by atoms with Crippen LogP contribution in [0, 0.1) is 0 Å². The molecule has 0 aromatic heterocycles. The van der Waals surface area contributed by atoms with Crippen molar-refractivity contribution in [1.29, 1.82) is 0 Å². The average Bonchev–Trinajstić information content (AvgIpc) is 2.82. The molecule has 0 bridgehead atoms. The Labute approximate surface area is 101 Å². The molecule has 1 aromatic carbocycles. The van der Waals surface area contributed by atoms with Crippen LogP contribution in [0.5, 0.6) is 0 Å². The lowest BCUT2D eigenvalue weighted by Crippen LogP contribution is -2.20. The number of nitrogens with one attached hydrogen (secondary N) is 1. The van der Waals surface area contributed by atoms with Gasteiger partial charge in [0, 0.05) is 11.3 Å². The second-order valence-corrected chi connectivity index (χ2v) is 4.25. The van der Waals surface area contributed by atoms with E-state index in [0.29, 0.717) is 11.3 Å². The first kappa shape index (κ1) is 11.9. The van der Waals surface area contributed by atoms with Crippen molar-refractivity contribution in [2.24, 2.45) is 0 Å². The van der Waals surface area contributed by atoms with Crippen LogP contribution < -0.4 is 5.32 Å². The number of hydrogen-bond acceptors (Lipinski definition) is 3. The molecule has 0 saturated heterocycles. The number of benzene rings is 1. The Morgan fingerprint density at radius 3 is 2.76 bits per heavy atom. The number of hydrogen-bond donors (Lipinski definition) is 2. The number of anilines is 1. The maximum atomic E-state index is 11.6. The quantitative estimate of drug-likeness (QED) is 0.846. The molecule has 4 heteroatoms. The summed E-state index contributed by atoms with van der Waals surface area (Å²) in [7, 11) is 0.